The zero-order valence-corrected chi connectivity index (χ0v) is 8.96. The van der Waals surface area contributed by atoms with Crippen LogP contribution in [0.5, 0.6) is 0 Å². The van der Waals surface area contributed by atoms with Crippen molar-refractivity contribution in [3.05, 3.63) is 52.6 Å². The molecule has 0 atom stereocenters. The number of aromatic amines is 1. The molecule has 3 rings (SSSR count). The number of aromatic nitrogens is 2. The fourth-order valence-corrected chi connectivity index (χ4v) is 2.36. The maximum atomic E-state index is 13.5. The highest BCUT2D eigenvalue weighted by atomic mass is 19.1. The first-order chi connectivity index (χ1) is 7.84. The van der Waals surface area contributed by atoms with Crippen LogP contribution < -0.4 is 0 Å². The molecule has 1 aromatic heterocycles. The number of hydrogen-bond donors (Lipinski definition) is 1. The highest BCUT2D eigenvalue weighted by Gasteiger charge is 2.18. The lowest BCUT2D eigenvalue weighted by Crippen LogP contribution is -1.95. The van der Waals surface area contributed by atoms with Crippen LogP contribution in [0.15, 0.2) is 24.3 Å². The molecule has 0 saturated carbocycles. The summed E-state index contributed by atoms with van der Waals surface area (Å²) in [5, 5.41) is 7.34. The number of benzene rings is 1. The van der Waals surface area contributed by atoms with E-state index in [4.69, 9.17) is 0 Å². The molecule has 16 heavy (non-hydrogen) atoms. The summed E-state index contributed by atoms with van der Waals surface area (Å²) in [6, 6.07) is 6.91. The van der Waals surface area contributed by atoms with Crippen LogP contribution in [0.25, 0.3) is 0 Å². The Bertz CT molecular complexity index is 516. The Morgan fingerprint density at radius 1 is 1.25 bits per heavy atom. The number of H-pyrrole nitrogens is 1. The Morgan fingerprint density at radius 2 is 2.12 bits per heavy atom. The average Bonchev–Trinajstić information content (AvgIpc) is 2.86. The van der Waals surface area contributed by atoms with Crippen LogP contribution in [0.1, 0.15) is 28.9 Å². The fraction of sp³-hybridized carbons (Fsp3) is 0.308. The second-order valence-electron chi connectivity index (χ2n) is 4.25. The van der Waals surface area contributed by atoms with Gasteiger partial charge < -0.3 is 0 Å². The van der Waals surface area contributed by atoms with Crippen LogP contribution in [0, 0.1) is 5.82 Å². The molecule has 82 valence electrons. The Hall–Kier alpha value is -1.64. The monoisotopic (exact) mass is 216 g/mol. The SMILES string of the molecule is Fc1ccccc1Cc1n[nH]c2c1CCC2. The summed E-state index contributed by atoms with van der Waals surface area (Å²) in [6.07, 6.45) is 3.95. The number of nitrogens with zero attached hydrogens (tertiary/aromatic N) is 1. The minimum atomic E-state index is -0.141. The van der Waals surface area contributed by atoms with E-state index in [-0.39, 0.29) is 5.82 Å². The van der Waals surface area contributed by atoms with Crippen molar-refractivity contribution in [2.24, 2.45) is 0 Å². The standard InChI is InChI=1S/C13H13FN2/c14-11-6-2-1-4-9(11)8-13-10-5-3-7-12(10)15-16-13/h1-2,4,6H,3,5,7-8H2,(H,15,16). The van der Waals surface area contributed by atoms with Gasteiger partial charge in [0.2, 0.25) is 0 Å². The van der Waals surface area contributed by atoms with Gasteiger partial charge in [-0.2, -0.15) is 5.10 Å². The van der Waals surface area contributed by atoms with Crippen molar-refractivity contribution in [3.63, 3.8) is 0 Å². The van der Waals surface area contributed by atoms with Crippen molar-refractivity contribution in [1.82, 2.24) is 10.2 Å². The van der Waals surface area contributed by atoms with Gasteiger partial charge in [0.15, 0.2) is 0 Å². The second-order valence-corrected chi connectivity index (χ2v) is 4.25. The molecule has 1 aromatic carbocycles. The van der Waals surface area contributed by atoms with Gasteiger partial charge in [0.1, 0.15) is 5.82 Å². The van der Waals surface area contributed by atoms with Gasteiger partial charge in [-0.1, -0.05) is 18.2 Å². The molecule has 1 aliphatic carbocycles. The van der Waals surface area contributed by atoms with Crippen LogP contribution in [0.2, 0.25) is 0 Å². The first-order valence-electron chi connectivity index (χ1n) is 5.63. The van der Waals surface area contributed by atoms with Gasteiger partial charge >= 0.3 is 0 Å². The summed E-state index contributed by atoms with van der Waals surface area (Å²) in [6.45, 7) is 0. The summed E-state index contributed by atoms with van der Waals surface area (Å²) in [7, 11) is 0. The third-order valence-corrected chi connectivity index (χ3v) is 3.21. The molecule has 0 fully saturated rings. The number of aryl methyl sites for hydroxylation is 1. The van der Waals surface area contributed by atoms with Gasteiger partial charge in [0.25, 0.3) is 0 Å². The second kappa shape index (κ2) is 3.74. The zero-order chi connectivity index (χ0) is 11.0. The van der Waals surface area contributed by atoms with Gasteiger partial charge in [0.05, 0.1) is 5.69 Å². The largest absolute Gasteiger partial charge is 0.282 e. The first-order valence-corrected chi connectivity index (χ1v) is 5.63. The Morgan fingerprint density at radius 3 is 3.00 bits per heavy atom. The molecule has 1 aliphatic rings. The Balaban J connectivity index is 1.92. The minimum Gasteiger partial charge on any atom is -0.282 e. The van der Waals surface area contributed by atoms with Crippen LogP contribution in [0.4, 0.5) is 4.39 Å². The molecule has 1 N–H and O–H groups in total. The topological polar surface area (TPSA) is 28.7 Å². The van der Waals surface area contributed by atoms with Crippen molar-refractivity contribution in [1.29, 1.82) is 0 Å². The summed E-state index contributed by atoms with van der Waals surface area (Å²) in [5.74, 6) is -0.141. The summed E-state index contributed by atoms with van der Waals surface area (Å²) in [4.78, 5) is 0. The normalized spacial score (nSPS) is 14.1. The van der Waals surface area contributed by atoms with E-state index in [1.807, 2.05) is 12.1 Å². The van der Waals surface area contributed by atoms with E-state index >= 15 is 0 Å². The first kappa shape index (κ1) is 9.58. The molecular formula is C13H13FN2. The van der Waals surface area contributed by atoms with Crippen LogP contribution in [0.3, 0.4) is 0 Å². The van der Waals surface area contributed by atoms with Gasteiger partial charge in [-0.15, -0.1) is 0 Å². The number of hydrogen-bond acceptors (Lipinski definition) is 1. The molecule has 3 heteroatoms. The highest BCUT2D eigenvalue weighted by molar-refractivity contribution is 5.33. The highest BCUT2D eigenvalue weighted by Crippen LogP contribution is 2.24. The van der Waals surface area contributed by atoms with Crippen LogP contribution in [-0.2, 0) is 19.3 Å². The molecule has 1 heterocycles. The number of nitrogens with one attached hydrogen (secondary N) is 1. The molecular weight excluding hydrogens is 203 g/mol. The van der Waals surface area contributed by atoms with Gasteiger partial charge in [0, 0.05) is 12.1 Å². The molecule has 0 saturated heterocycles. The van der Waals surface area contributed by atoms with Crippen molar-refractivity contribution in [2.45, 2.75) is 25.7 Å². The third kappa shape index (κ3) is 1.52. The average molecular weight is 216 g/mol. The molecule has 0 spiro atoms. The quantitative estimate of drug-likeness (QED) is 0.821. The smallest absolute Gasteiger partial charge is 0.126 e. The third-order valence-electron chi connectivity index (χ3n) is 3.21. The van der Waals surface area contributed by atoms with Crippen LogP contribution >= 0.6 is 0 Å². The molecule has 2 aromatic rings. The van der Waals surface area contributed by atoms with E-state index < -0.39 is 0 Å². The fourth-order valence-electron chi connectivity index (χ4n) is 2.36. The van der Waals surface area contributed by atoms with Gasteiger partial charge in [-0.25, -0.2) is 4.39 Å². The summed E-state index contributed by atoms with van der Waals surface area (Å²) in [5.41, 5.74) is 4.29. The predicted octanol–water partition coefficient (Wildman–Crippen LogP) is 2.63. The lowest BCUT2D eigenvalue weighted by Gasteiger charge is -2.01. The Kier molecular flexibility index (Phi) is 2.24. The van der Waals surface area contributed by atoms with Crippen LogP contribution in [-0.4, -0.2) is 10.2 Å². The Labute approximate surface area is 93.5 Å². The summed E-state index contributed by atoms with van der Waals surface area (Å²) >= 11 is 0. The maximum absolute atomic E-state index is 13.5. The van der Waals surface area contributed by atoms with E-state index in [0.29, 0.717) is 6.42 Å². The zero-order valence-electron chi connectivity index (χ0n) is 8.96. The van der Waals surface area contributed by atoms with E-state index in [0.717, 1.165) is 24.1 Å². The summed E-state index contributed by atoms with van der Waals surface area (Å²) < 4.78 is 13.5. The lowest BCUT2D eigenvalue weighted by atomic mass is 10.1. The molecule has 0 aliphatic heterocycles. The molecule has 0 radical (unpaired) electrons. The molecule has 0 unspecified atom stereocenters. The van der Waals surface area contributed by atoms with Gasteiger partial charge in [-0.3, -0.25) is 5.10 Å². The molecule has 2 nitrogen and oxygen atoms in total. The minimum absolute atomic E-state index is 0.141. The van der Waals surface area contributed by atoms with E-state index in [1.54, 1.807) is 6.07 Å². The van der Waals surface area contributed by atoms with Crippen molar-refractivity contribution >= 4 is 0 Å². The van der Waals surface area contributed by atoms with Crippen molar-refractivity contribution < 1.29 is 4.39 Å². The van der Waals surface area contributed by atoms with E-state index in [2.05, 4.69) is 10.2 Å². The molecule has 0 bridgehead atoms. The number of halogens is 1. The van der Waals surface area contributed by atoms with Crippen molar-refractivity contribution in [3.8, 4) is 0 Å². The van der Waals surface area contributed by atoms with E-state index in [9.17, 15) is 4.39 Å². The number of rotatable bonds is 2. The van der Waals surface area contributed by atoms with Gasteiger partial charge in [-0.05, 0) is 36.5 Å². The van der Waals surface area contributed by atoms with E-state index in [1.165, 1.54) is 23.7 Å². The number of fused-ring (bicyclic) bond motifs is 1. The molecule has 0 amide bonds. The maximum Gasteiger partial charge on any atom is 0.126 e. The lowest BCUT2D eigenvalue weighted by molar-refractivity contribution is 0.612. The van der Waals surface area contributed by atoms with Crippen molar-refractivity contribution in [2.75, 3.05) is 0 Å². The predicted molar refractivity (Wildman–Crippen MR) is 59.8 cm³/mol.